The minimum Gasteiger partial charge on any atom is -0.493 e. The lowest BCUT2D eigenvalue weighted by Gasteiger charge is -2.31. The maximum absolute atomic E-state index is 13.0. The molecule has 1 N–H and O–H groups in total. The van der Waals surface area contributed by atoms with E-state index in [2.05, 4.69) is 5.32 Å². The number of hydrogen-bond donors (Lipinski definition) is 1. The van der Waals surface area contributed by atoms with Gasteiger partial charge in [0.25, 0.3) is 0 Å². The number of hydrogen-bond acceptors (Lipinski definition) is 5. The molecule has 168 valence electrons. The van der Waals surface area contributed by atoms with Crippen LogP contribution in [0.1, 0.15) is 24.0 Å². The molecule has 1 aliphatic rings. The number of carbonyl (C=O) groups is 1. The zero-order valence-electron chi connectivity index (χ0n) is 18.3. The zero-order chi connectivity index (χ0) is 22.4. The van der Waals surface area contributed by atoms with Crippen molar-refractivity contribution >= 4 is 15.9 Å². The van der Waals surface area contributed by atoms with Crippen molar-refractivity contribution in [1.29, 1.82) is 0 Å². The first-order valence-corrected chi connectivity index (χ1v) is 11.8. The summed E-state index contributed by atoms with van der Waals surface area (Å²) in [4.78, 5) is 13.0. The van der Waals surface area contributed by atoms with Gasteiger partial charge in [0.2, 0.25) is 15.9 Å². The van der Waals surface area contributed by atoms with Crippen molar-refractivity contribution in [3.05, 3.63) is 53.6 Å². The molecular weight excluding hydrogens is 416 g/mol. The fourth-order valence-corrected chi connectivity index (χ4v) is 5.27. The van der Waals surface area contributed by atoms with Crippen LogP contribution in [0.15, 0.2) is 47.4 Å². The molecule has 1 saturated heterocycles. The summed E-state index contributed by atoms with van der Waals surface area (Å²) in [5, 5.41) is 2.95. The van der Waals surface area contributed by atoms with Gasteiger partial charge in [-0.25, -0.2) is 8.42 Å². The number of piperidine rings is 1. The molecule has 2 aromatic rings. The van der Waals surface area contributed by atoms with E-state index in [-0.39, 0.29) is 23.3 Å². The van der Waals surface area contributed by atoms with Gasteiger partial charge in [0, 0.05) is 19.6 Å². The third-order valence-electron chi connectivity index (χ3n) is 5.57. The smallest absolute Gasteiger partial charge is 0.243 e. The Morgan fingerprint density at radius 3 is 2.48 bits per heavy atom. The highest BCUT2D eigenvalue weighted by atomic mass is 32.2. The van der Waals surface area contributed by atoms with E-state index in [0.29, 0.717) is 43.9 Å². The van der Waals surface area contributed by atoms with E-state index in [1.54, 1.807) is 38.5 Å². The molecule has 0 bridgehead atoms. The number of nitrogens with zero attached hydrogens (tertiary/aromatic N) is 1. The normalized spacial score (nSPS) is 17.2. The first kappa shape index (κ1) is 23.1. The molecule has 0 spiro atoms. The third-order valence-corrected chi connectivity index (χ3v) is 7.45. The van der Waals surface area contributed by atoms with Crippen LogP contribution in [-0.2, 0) is 21.2 Å². The molecule has 1 fully saturated rings. The summed E-state index contributed by atoms with van der Waals surface area (Å²) in [7, 11) is -0.422. The monoisotopic (exact) mass is 446 g/mol. The molecule has 0 aliphatic carbocycles. The van der Waals surface area contributed by atoms with Gasteiger partial charge in [-0.2, -0.15) is 4.31 Å². The fourth-order valence-electron chi connectivity index (χ4n) is 3.74. The van der Waals surface area contributed by atoms with Gasteiger partial charge in [-0.3, -0.25) is 4.79 Å². The molecule has 31 heavy (non-hydrogen) atoms. The quantitative estimate of drug-likeness (QED) is 0.674. The van der Waals surface area contributed by atoms with E-state index < -0.39 is 10.0 Å². The highest BCUT2D eigenvalue weighted by Gasteiger charge is 2.33. The van der Waals surface area contributed by atoms with Crippen LogP contribution in [-0.4, -0.2) is 52.5 Å². The molecule has 1 unspecified atom stereocenters. The standard InChI is InChI=1S/C23H30N2O5S/c1-17-6-9-20(10-7-17)31(27,28)25-14-4-5-19(16-25)23(26)24-13-12-18-8-11-21(29-2)22(15-18)30-3/h6-11,15,19H,4-5,12-14,16H2,1-3H3,(H,24,26). The topological polar surface area (TPSA) is 84.9 Å². The van der Waals surface area contributed by atoms with E-state index >= 15 is 0 Å². The second kappa shape index (κ2) is 10.2. The molecule has 7 nitrogen and oxygen atoms in total. The first-order valence-electron chi connectivity index (χ1n) is 10.4. The van der Waals surface area contributed by atoms with Gasteiger partial charge < -0.3 is 14.8 Å². The number of amides is 1. The Morgan fingerprint density at radius 1 is 1.10 bits per heavy atom. The number of aryl methyl sites for hydroxylation is 1. The van der Waals surface area contributed by atoms with E-state index in [9.17, 15) is 13.2 Å². The van der Waals surface area contributed by atoms with Gasteiger partial charge in [0.15, 0.2) is 11.5 Å². The summed E-state index contributed by atoms with van der Waals surface area (Å²) in [6.45, 7) is 3.03. The summed E-state index contributed by atoms with van der Waals surface area (Å²) in [5.41, 5.74) is 2.02. The first-order chi connectivity index (χ1) is 14.8. The fraction of sp³-hybridized carbons (Fsp3) is 0.435. The molecule has 8 heteroatoms. The van der Waals surface area contributed by atoms with Crippen LogP contribution in [0.3, 0.4) is 0 Å². The molecule has 0 aromatic heterocycles. The van der Waals surface area contributed by atoms with Crippen LogP contribution < -0.4 is 14.8 Å². The number of methoxy groups -OCH3 is 2. The summed E-state index contributed by atoms with van der Waals surface area (Å²) in [5.74, 6) is 0.853. The molecule has 1 aliphatic heterocycles. The van der Waals surface area contributed by atoms with Crippen LogP contribution in [0.4, 0.5) is 0 Å². The number of nitrogens with one attached hydrogen (secondary N) is 1. The van der Waals surface area contributed by atoms with Gasteiger partial charge in [-0.05, 0) is 56.0 Å². The van der Waals surface area contributed by atoms with Gasteiger partial charge in [-0.1, -0.05) is 23.8 Å². The average molecular weight is 447 g/mol. The van der Waals surface area contributed by atoms with Crippen LogP contribution in [0, 0.1) is 12.8 Å². The van der Waals surface area contributed by atoms with E-state index in [0.717, 1.165) is 11.1 Å². The largest absolute Gasteiger partial charge is 0.493 e. The second-order valence-electron chi connectivity index (χ2n) is 7.75. The number of benzene rings is 2. The minimum absolute atomic E-state index is 0.107. The summed E-state index contributed by atoms with van der Waals surface area (Å²) < 4.78 is 37.9. The Morgan fingerprint density at radius 2 is 1.81 bits per heavy atom. The zero-order valence-corrected chi connectivity index (χ0v) is 19.1. The highest BCUT2D eigenvalue weighted by Crippen LogP contribution is 2.28. The number of rotatable bonds is 8. The van der Waals surface area contributed by atoms with Crippen molar-refractivity contribution < 1.29 is 22.7 Å². The summed E-state index contributed by atoms with van der Waals surface area (Å²) in [6.07, 6.45) is 1.99. The lowest BCUT2D eigenvalue weighted by atomic mass is 9.99. The van der Waals surface area contributed by atoms with Crippen LogP contribution in [0.25, 0.3) is 0 Å². The molecular formula is C23H30N2O5S. The van der Waals surface area contributed by atoms with Crippen LogP contribution >= 0.6 is 0 Å². The van der Waals surface area contributed by atoms with Crippen molar-refractivity contribution in [2.75, 3.05) is 33.9 Å². The predicted molar refractivity (Wildman–Crippen MR) is 119 cm³/mol. The van der Waals surface area contributed by atoms with Gasteiger partial charge in [0.05, 0.1) is 25.0 Å². The summed E-state index contributed by atoms with van der Waals surface area (Å²) >= 11 is 0. The second-order valence-corrected chi connectivity index (χ2v) is 9.68. The van der Waals surface area contributed by atoms with Crippen molar-refractivity contribution in [2.24, 2.45) is 5.92 Å². The molecule has 1 amide bonds. The van der Waals surface area contributed by atoms with Crippen molar-refractivity contribution in [3.63, 3.8) is 0 Å². The molecule has 2 aromatic carbocycles. The Hall–Kier alpha value is -2.58. The van der Waals surface area contributed by atoms with Gasteiger partial charge in [0.1, 0.15) is 0 Å². The van der Waals surface area contributed by atoms with Gasteiger partial charge >= 0.3 is 0 Å². The van der Waals surface area contributed by atoms with E-state index in [1.165, 1.54) is 4.31 Å². The highest BCUT2D eigenvalue weighted by molar-refractivity contribution is 7.89. The van der Waals surface area contributed by atoms with E-state index in [1.807, 2.05) is 25.1 Å². The van der Waals surface area contributed by atoms with Crippen molar-refractivity contribution in [2.45, 2.75) is 31.1 Å². The van der Waals surface area contributed by atoms with Crippen molar-refractivity contribution in [1.82, 2.24) is 9.62 Å². The Balaban J connectivity index is 1.57. The van der Waals surface area contributed by atoms with Crippen LogP contribution in [0.5, 0.6) is 11.5 Å². The molecule has 0 saturated carbocycles. The third kappa shape index (κ3) is 5.57. The Bertz CT molecular complexity index is 1010. The maximum atomic E-state index is 13.0. The maximum Gasteiger partial charge on any atom is 0.243 e. The van der Waals surface area contributed by atoms with Crippen LogP contribution in [0.2, 0.25) is 0 Å². The average Bonchev–Trinajstić information content (AvgIpc) is 2.79. The molecule has 0 radical (unpaired) electrons. The number of ether oxygens (including phenoxy) is 2. The number of sulfonamides is 1. The predicted octanol–water partition coefficient (Wildman–Crippen LogP) is 2.77. The van der Waals surface area contributed by atoms with E-state index in [4.69, 9.17) is 9.47 Å². The van der Waals surface area contributed by atoms with Crippen molar-refractivity contribution in [3.8, 4) is 11.5 Å². The lowest BCUT2D eigenvalue weighted by Crippen LogP contribution is -2.45. The molecule has 3 rings (SSSR count). The lowest BCUT2D eigenvalue weighted by molar-refractivity contribution is -0.126. The number of carbonyl (C=O) groups excluding carboxylic acids is 1. The van der Waals surface area contributed by atoms with Gasteiger partial charge in [-0.15, -0.1) is 0 Å². The SMILES string of the molecule is COc1ccc(CCNC(=O)C2CCCN(S(=O)(=O)c3ccc(C)cc3)C2)cc1OC. The summed E-state index contributed by atoms with van der Waals surface area (Å²) in [6, 6.07) is 12.5. The Kier molecular flexibility index (Phi) is 7.56. The molecule has 1 heterocycles. The minimum atomic E-state index is -3.60. The Labute approximate surface area is 184 Å². The molecule has 1 atom stereocenters.